The quantitative estimate of drug-likeness (QED) is 0.541. The number of ether oxygens (including phenoxy) is 1. The van der Waals surface area contributed by atoms with E-state index in [1.165, 1.54) is 23.9 Å². The number of thioether (sulfide) groups is 1. The number of carbonyl (C=O) groups is 2. The van der Waals surface area contributed by atoms with E-state index < -0.39 is 0 Å². The maximum Gasteiger partial charge on any atom is 0.265 e. The Morgan fingerprint density at radius 3 is 2.51 bits per heavy atom. The summed E-state index contributed by atoms with van der Waals surface area (Å²) in [5.74, 6) is 0.653. The number of amides is 2. The molecule has 186 valence electrons. The molecule has 0 unspecified atom stereocenters. The van der Waals surface area contributed by atoms with Gasteiger partial charge in [-0.1, -0.05) is 12.1 Å². The summed E-state index contributed by atoms with van der Waals surface area (Å²) in [6.07, 6.45) is 0.830. The topological polar surface area (TPSA) is 73.9 Å². The number of rotatable bonds is 8. The van der Waals surface area contributed by atoms with Crippen LogP contribution in [0.1, 0.15) is 23.7 Å². The van der Waals surface area contributed by atoms with Crippen LogP contribution in [0.2, 0.25) is 0 Å². The van der Waals surface area contributed by atoms with Gasteiger partial charge in [0.2, 0.25) is 0 Å². The first-order valence-electron chi connectivity index (χ1n) is 11.9. The molecule has 0 spiro atoms. The van der Waals surface area contributed by atoms with Crippen LogP contribution in [0.4, 0.5) is 15.8 Å². The van der Waals surface area contributed by atoms with E-state index in [0.717, 1.165) is 50.6 Å². The molecule has 2 N–H and O–H groups in total. The van der Waals surface area contributed by atoms with E-state index in [1.54, 1.807) is 31.2 Å². The van der Waals surface area contributed by atoms with Gasteiger partial charge in [-0.2, -0.15) is 0 Å². The summed E-state index contributed by atoms with van der Waals surface area (Å²) in [5.41, 5.74) is 1.97. The molecule has 7 nitrogen and oxygen atoms in total. The summed E-state index contributed by atoms with van der Waals surface area (Å²) in [7, 11) is 0. The molecule has 1 saturated heterocycles. The Bertz CT molecular complexity index is 1070. The Kier molecular flexibility index (Phi) is 8.65. The largest absolute Gasteiger partial charge is 0.496 e. The molecule has 0 aliphatic carbocycles. The zero-order chi connectivity index (χ0) is 24.6. The van der Waals surface area contributed by atoms with Crippen LogP contribution in [0.15, 0.2) is 59.2 Å². The SMILES string of the molecule is CC1=C(C(=O)Nc2ccccc2C(=O)NCCCN2CCN(c3ccc(F)cc3)CC2)SCCO1. The van der Waals surface area contributed by atoms with Crippen molar-refractivity contribution in [3.63, 3.8) is 0 Å². The third-order valence-corrected chi connectivity index (χ3v) is 7.23. The van der Waals surface area contributed by atoms with Crippen molar-refractivity contribution in [2.24, 2.45) is 0 Å². The van der Waals surface area contributed by atoms with Crippen molar-refractivity contribution in [2.75, 3.05) is 61.8 Å². The van der Waals surface area contributed by atoms with Crippen molar-refractivity contribution < 1.29 is 18.7 Å². The van der Waals surface area contributed by atoms with Gasteiger partial charge in [-0.25, -0.2) is 4.39 Å². The molecular weight excluding hydrogens is 467 g/mol. The summed E-state index contributed by atoms with van der Waals surface area (Å²) in [4.78, 5) is 30.7. The van der Waals surface area contributed by atoms with Crippen molar-refractivity contribution >= 4 is 35.0 Å². The number of benzene rings is 2. The minimum Gasteiger partial charge on any atom is -0.496 e. The monoisotopic (exact) mass is 498 g/mol. The molecule has 2 aliphatic heterocycles. The van der Waals surface area contributed by atoms with E-state index >= 15 is 0 Å². The summed E-state index contributed by atoms with van der Waals surface area (Å²) in [5, 5.41) is 5.84. The maximum absolute atomic E-state index is 13.1. The number of hydrogen-bond acceptors (Lipinski definition) is 6. The van der Waals surface area contributed by atoms with Gasteiger partial charge in [0.25, 0.3) is 11.8 Å². The lowest BCUT2D eigenvalue weighted by Gasteiger charge is -2.36. The Labute approximate surface area is 209 Å². The number of para-hydroxylation sites is 1. The van der Waals surface area contributed by atoms with Crippen LogP contribution in [0.3, 0.4) is 0 Å². The molecule has 2 aliphatic rings. The summed E-state index contributed by atoms with van der Waals surface area (Å²) >= 11 is 1.46. The van der Waals surface area contributed by atoms with Crippen LogP contribution in [-0.4, -0.2) is 68.3 Å². The summed E-state index contributed by atoms with van der Waals surface area (Å²) in [6.45, 7) is 7.45. The standard InChI is InChI=1S/C26H31FN4O3S/c1-19-24(35-18-17-34-19)26(33)29-23-6-3-2-5-22(23)25(32)28-11-4-12-30-13-15-31(16-14-30)21-9-7-20(27)8-10-21/h2-3,5-10H,4,11-18H2,1H3,(H,28,32)(H,29,33). The number of allylic oxidation sites excluding steroid dienone is 1. The van der Waals surface area contributed by atoms with Gasteiger partial charge in [-0.3, -0.25) is 14.5 Å². The van der Waals surface area contributed by atoms with Crippen molar-refractivity contribution in [1.82, 2.24) is 10.2 Å². The van der Waals surface area contributed by atoms with E-state index in [9.17, 15) is 14.0 Å². The smallest absolute Gasteiger partial charge is 0.265 e. The van der Waals surface area contributed by atoms with Gasteiger partial charge in [0.15, 0.2) is 0 Å². The van der Waals surface area contributed by atoms with Gasteiger partial charge in [-0.15, -0.1) is 11.8 Å². The molecule has 2 heterocycles. The number of piperazine rings is 1. The van der Waals surface area contributed by atoms with Gasteiger partial charge in [0, 0.05) is 44.2 Å². The molecule has 4 rings (SSSR count). The van der Waals surface area contributed by atoms with Gasteiger partial charge in [0.1, 0.15) is 16.5 Å². The van der Waals surface area contributed by atoms with Crippen LogP contribution < -0.4 is 15.5 Å². The van der Waals surface area contributed by atoms with Gasteiger partial charge < -0.3 is 20.3 Å². The molecule has 35 heavy (non-hydrogen) atoms. The molecule has 2 amide bonds. The number of halogens is 1. The van der Waals surface area contributed by atoms with Crippen molar-refractivity contribution in [2.45, 2.75) is 13.3 Å². The Balaban J connectivity index is 1.22. The van der Waals surface area contributed by atoms with Gasteiger partial charge in [-0.05, 0) is 56.3 Å². The normalized spacial score (nSPS) is 16.6. The first kappa shape index (κ1) is 25.1. The minimum absolute atomic E-state index is 0.208. The fourth-order valence-electron chi connectivity index (χ4n) is 4.18. The first-order chi connectivity index (χ1) is 17.0. The van der Waals surface area contributed by atoms with Crippen LogP contribution >= 0.6 is 11.8 Å². The highest BCUT2D eigenvalue weighted by atomic mass is 32.2. The molecule has 2 aromatic carbocycles. The molecule has 0 saturated carbocycles. The molecule has 1 fully saturated rings. The maximum atomic E-state index is 13.1. The number of carbonyl (C=O) groups excluding carboxylic acids is 2. The Morgan fingerprint density at radius 2 is 1.77 bits per heavy atom. The molecule has 0 atom stereocenters. The van der Waals surface area contributed by atoms with Crippen molar-refractivity contribution in [3.8, 4) is 0 Å². The highest BCUT2D eigenvalue weighted by molar-refractivity contribution is 8.04. The fourth-order valence-corrected chi connectivity index (χ4v) is 5.00. The lowest BCUT2D eigenvalue weighted by atomic mass is 10.1. The molecule has 0 aromatic heterocycles. The predicted octanol–water partition coefficient (Wildman–Crippen LogP) is 3.70. The number of anilines is 2. The van der Waals surface area contributed by atoms with E-state index in [1.807, 2.05) is 12.1 Å². The van der Waals surface area contributed by atoms with Gasteiger partial charge >= 0.3 is 0 Å². The van der Waals surface area contributed by atoms with Crippen molar-refractivity contribution in [1.29, 1.82) is 0 Å². The first-order valence-corrected chi connectivity index (χ1v) is 12.9. The highest BCUT2D eigenvalue weighted by Gasteiger charge is 2.21. The van der Waals surface area contributed by atoms with Crippen molar-refractivity contribution in [3.05, 3.63) is 70.6 Å². The van der Waals surface area contributed by atoms with E-state index in [-0.39, 0.29) is 17.6 Å². The molecule has 2 aromatic rings. The summed E-state index contributed by atoms with van der Waals surface area (Å²) in [6, 6.07) is 13.7. The Morgan fingerprint density at radius 1 is 1.03 bits per heavy atom. The lowest BCUT2D eigenvalue weighted by Crippen LogP contribution is -2.47. The highest BCUT2D eigenvalue weighted by Crippen LogP contribution is 2.27. The molecular formula is C26H31FN4O3S. The second-order valence-corrected chi connectivity index (χ2v) is 9.60. The minimum atomic E-state index is -0.257. The van der Waals surface area contributed by atoms with Gasteiger partial charge in [0.05, 0.1) is 17.9 Å². The van der Waals surface area contributed by atoms with Crippen LogP contribution in [0.25, 0.3) is 0 Å². The zero-order valence-corrected chi connectivity index (χ0v) is 20.7. The second kappa shape index (κ2) is 12.1. The molecule has 9 heteroatoms. The third kappa shape index (κ3) is 6.76. The average Bonchev–Trinajstić information content (AvgIpc) is 2.88. The zero-order valence-electron chi connectivity index (χ0n) is 19.9. The molecule has 0 radical (unpaired) electrons. The van der Waals surface area contributed by atoms with Crippen LogP contribution in [0, 0.1) is 5.82 Å². The second-order valence-electron chi connectivity index (χ2n) is 8.50. The van der Waals surface area contributed by atoms with E-state index in [2.05, 4.69) is 20.4 Å². The fraction of sp³-hybridized carbons (Fsp3) is 0.385. The summed E-state index contributed by atoms with van der Waals surface area (Å²) < 4.78 is 18.6. The average molecular weight is 499 g/mol. The van der Waals surface area contributed by atoms with E-state index in [0.29, 0.717) is 35.1 Å². The number of nitrogens with zero attached hydrogens (tertiary/aromatic N) is 2. The Hall–Kier alpha value is -3.04. The predicted molar refractivity (Wildman–Crippen MR) is 138 cm³/mol. The number of hydrogen-bond donors (Lipinski definition) is 2. The molecule has 0 bridgehead atoms. The van der Waals surface area contributed by atoms with Crippen LogP contribution in [0.5, 0.6) is 0 Å². The van der Waals surface area contributed by atoms with E-state index in [4.69, 9.17) is 4.74 Å². The number of nitrogens with one attached hydrogen (secondary N) is 2. The van der Waals surface area contributed by atoms with Crippen LogP contribution in [-0.2, 0) is 9.53 Å². The lowest BCUT2D eigenvalue weighted by molar-refractivity contribution is -0.112. The third-order valence-electron chi connectivity index (χ3n) is 6.09.